The summed E-state index contributed by atoms with van der Waals surface area (Å²) in [5.41, 5.74) is 6.35. The van der Waals surface area contributed by atoms with Crippen molar-refractivity contribution in [2.45, 2.75) is 38.8 Å². The molecule has 2 N–H and O–H groups in total. The third-order valence-corrected chi connectivity index (χ3v) is 3.99. The molecule has 1 aliphatic heterocycles. The first-order valence-electron chi connectivity index (χ1n) is 7.01. The summed E-state index contributed by atoms with van der Waals surface area (Å²) >= 11 is 0. The Balaban J connectivity index is 2.09. The van der Waals surface area contributed by atoms with Crippen LogP contribution < -0.4 is 5.73 Å². The molecule has 2 rings (SSSR count). The minimum absolute atomic E-state index is 0.122. The first kappa shape index (κ1) is 15.0. The molecule has 20 heavy (non-hydrogen) atoms. The zero-order chi connectivity index (χ0) is 14.7. The van der Waals surface area contributed by atoms with Gasteiger partial charge in [0.25, 0.3) is 12.3 Å². The number of piperidine rings is 1. The molecule has 1 amide bonds. The van der Waals surface area contributed by atoms with Gasteiger partial charge in [0, 0.05) is 25.3 Å². The molecule has 0 aromatic carbocycles. The smallest absolute Gasteiger partial charge is 0.270 e. The van der Waals surface area contributed by atoms with E-state index in [1.54, 1.807) is 17.0 Å². The van der Waals surface area contributed by atoms with E-state index in [0.29, 0.717) is 18.8 Å². The average Bonchev–Trinajstić information content (AvgIpc) is 2.85. The second kappa shape index (κ2) is 6.35. The molecule has 2 heterocycles. The molecule has 2 atom stereocenters. The fourth-order valence-corrected chi connectivity index (χ4v) is 2.74. The van der Waals surface area contributed by atoms with Gasteiger partial charge in [-0.25, -0.2) is 8.78 Å². The van der Waals surface area contributed by atoms with Gasteiger partial charge in [-0.3, -0.25) is 4.79 Å². The normalized spacial score (nSPS) is 23.4. The van der Waals surface area contributed by atoms with Gasteiger partial charge < -0.3 is 15.2 Å². The first-order chi connectivity index (χ1) is 9.52. The third-order valence-electron chi connectivity index (χ3n) is 3.99. The zero-order valence-corrected chi connectivity index (χ0v) is 11.6. The molecule has 1 fully saturated rings. The lowest BCUT2D eigenvalue weighted by Crippen LogP contribution is -2.49. The van der Waals surface area contributed by atoms with Crippen molar-refractivity contribution in [1.82, 2.24) is 9.47 Å². The van der Waals surface area contributed by atoms with Gasteiger partial charge in [0.1, 0.15) is 5.69 Å². The van der Waals surface area contributed by atoms with E-state index in [1.165, 1.54) is 10.8 Å². The predicted octanol–water partition coefficient (Wildman–Crippen LogP) is 1.95. The highest BCUT2D eigenvalue weighted by atomic mass is 19.3. The van der Waals surface area contributed by atoms with E-state index in [0.717, 1.165) is 12.8 Å². The average molecular weight is 285 g/mol. The number of alkyl halides is 2. The topological polar surface area (TPSA) is 51.3 Å². The van der Waals surface area contributed by atoms with Crippen molar-refractivity contribution in [3.05, 3.63) is 24.0 Å². The number of carbonyl (C=O) groups is 1. The molecular weight excluding hydrogens is 264 g/mol. The van der Waals surface area contributed by atoms with Gasteiger partial charge >= 0.3 is 0 Å². The number of aromatic nitrogens is 1. The van der Waals surface area contributed by atoms with Crippen LogP contribution >= 0.6 is 0 Å². The number of carbonyl (C=O) groups excluding carboxylic acids is 1. The lowest BCUT2D eigenvalue weighted by molar-refractivity contribution is 0.0630. The monoisotopic (exact) mass is 285 g/mol. The van der Waals surface area contributed by atoms with Crippen LogP contribution in [-0.2, 0) is 6.54 Å². The largest absolute Gasteiger partial charge is 0.338 e. The Morgan fingerprint density at radius 2 is 2.30 bits per heavy atom. The standard InChI is InChI=1S/C14H21F2N3O/c1-2-10-8-19(7-5-11(10)17)14(20)12-4-3-6-18(12)9-13(15)16/h3-4,6,10-11,13H,2,5,7-9,17H2,1H3. The minimum atomic E-state index is -2.47. The van der Waals surface area contributed by atoms with Gasteiger partial charge in [-0.05, 0) is 24.5 Å². The van der Waals surface area contributed by atoms with Crippen molar-refractivity contribution in [1.29, 1.82) is 0 Å². The number of likely N-dealkylation sites (tertiary alicyclic amines) is 1. The fraction of sp³-hybridized carbons (Fsp3) is 0.643. The molecule has 2 unspecified atom stereocenters. The highest BCUT2D eigenvalue weighted by Crippen LogP contribution is 2.20. The van der Waals surface area contributed by atoms with E-state index in [9.17, 15) is 13.6 Å². The van der Waals surface area contributed by atoms with E-state index in [2.05, 4.69) is 6.92 Å². The van der Waals surface area contributed by atoms with Crippen LogP contribution in [-0.4, -0.2) is 40.9 Å². The van der Waals surface area contributed by atoms with E-state index in [4.69, 9.17) is 5.73 Å². The maximum Gasteiger partial charge on any atom is 0.270 e. The molecule has 0 radical (unpaired) electrons. The zero-order valence-electron chi connectivity index (χ0n) is 11.6. The summed E-state index contributed by atoms with van der Waals surface area (Å²) in [6.45, 7) is 2.81. The Morgan fingerprint density at radius 3 is 2.95 bits per heavy atom. The summed E-state index contributed by atoms with van der Waals surface area (Å²) in [5.74, 6) is 0.104. The number of amides is 1. The van der Waals surface area contributed by atoms with Crippen LogP contribution in [0.5, 0.6) is 0 Å². The van der Waals surface area contributed by atoms with Crippen LogP contribution in [0.4, 0.5) is 8.78 Å². The molecule has 1 aliphatic rings. The number of hydrogen-bond donors (Lipinski definition) is 1. The summed E-state index contributed by atoms with van der Waals surface area (Å²) < 4.78 is 26.3. The molecular formula is C14H21F2N3O. The van der Waals surface area contributed by atoms with Gasteiger partial charge in [0.2, 0.25) is 0 Å². The van der Waals surface area contributed by atoms with Gasteiger partial charge in [-0.15, -0.1) is 0 Å². The lowest BCUT2D eigenvalue weighted by atomic mass is 9.90. The molecule has 1 aromatic rings. The summed E-state index contributed by atoms with van der Waals surface area (Å²) in [5, 5.41) is 0. The van der Waals surface area contributed by atoms with Crippen LogP contribution in [0.25, 0.3) is 0 Å². The molecule has 1 saturated heterocycles. The van der Waals surface area contributed by atoms with Crippen molar-refractivity contribution >= 4 is 5.91 Å². The second-order valence-electron chi connectivity index (χ2n) is 5.31. The molecule has 112 valence electrons. The van der Waals surface area contributed by atoms with Crippen molar-refractivity contribution in [3.63, 3.8) is 0 Å². The highest BCUT2D eigenvalue weighted by Gasteiger charge is 2.29. The van der Waals surface area contributed by atoms with Crippen LogP contribution in [0.1, 0.15) is 30.3 Å². The van der Waals surface area contributed by atoms with E-state index in [-0.39, 0.29) is 17.9 Å². The quantitative estimate of drug-likeness (QED) is 0.919. The number of nitrogens with zero attached hydrogens (tertiary/aromatic N) is 2. The SMILES string of the molecule is CCC1CN(C(=O)c2cccn2CC(F)F)CCC1N. The molecule has 4 nitrogen and oxygen atoms in total. The molecule has 0 bridgehead atoms. The van der Waals surface area contributed by atoms with Crippen LogP contribution in [0.3, 0.4) is 0 Å². The third kappa shape index (κ3) is 3.17. The van der Waals surface area contributed by atoms with Gasteiger partial charge in [-0.1, -0.05) is 13.3 Å². The van der Waals surface area contributed by atoms with Gasteiger partial charge in [0.05, 0.1) is 6.54 Å². The first-order valence-corrected chi connectivity index (χ1v) is 7.01. The molecule has 0 spiro atoms. The van der Waals surface area contributed by atoms with E-state index in [1.807, 2.05) is 0 Å². The van der Waals surface area contributed by atoms with Crippen molar-refractivity contribution in [2.75, 3.05) is 13.1 Å². The van der Waals surface area contributed by atoms with Crippen molar-refractivity contribution in [2.24, 2.45) is 11.7 Å². The minimum Gasteiger partial charge on any atom is -0.338 e. The van der Waals surface area contributed by atoms with Gasteiger partial charge in [-0.2, -0.15) is 0 Å². The van der Waals surface area contributed by atoms with Crippen molar-refractivity contribution < 1.29 is 13.6 Å². The van der Waals surface area contributed by atoms with Crippen LogP contribution in [0.2, 0.25) is 0 Å². The number of hydrogen-bond acceptors (Lipinski definition) is 2. The van der Waals surface area contributed by atoms with Crippen LogP contribution in [0.15, 0.2) is 18.3 Å². The number of rotatable bonds is 4. The Bertz CT molecular complexity index is 461. The molecule has 0 aliphatic carbocycles. The lowest BCUT2D eigenvalue weighted by Gasteiger charge is -2.36. The van der Waals surface area contributed by atoms with Gasteiger partial charge in [0.15, 0.2) is 0 Å². The van der Waals surface area contributed by atoms with Crippen molar-refractivity contribution in [3.8, 4) is 0 Å². The maximum atomic E-state index is 12.5. The molecule has 6 heteroatoms. The Hall–Kier alpha value is -1.43. The predicted molar refractivity (Wildman–Crippen MR) is 72.7 cm³/mol. The number of nitrogens with two attached hydrogens (primary N) is 1. The van der Waals surface area contributed by atoms with E-state index < -0.39 is 13.0 Å². The summed E-state index contributed by atoms with van der Waals surface area (Å²) in [6, 6.07) is 3.35. The van der Waals surface area contributed by atoms with E-state index >= 15 is 0 Å². The highest BCUT2D eigenvalue weighted by molar-refractivity contribution is 5.92. The van der Waals surface area contributed by atoms with Crippen LogP contribution in [0, 0.1) is 5.92 Å². The summed E-state index contributed by atoms with van der Waals surface area (Å²) in [4.78, 5) is 14.2. The molecule has 0 saturated carbocycles. The molecule has 1 aromatic heterocycles. The fourth-order valence-electron chi connectivity index (χ4n) is 2.74. The second-order valence-corrected chi connectivity index (χ2v) is 5.31. The summed E-state index contributed by atoms with van der Waals surface area (Å²) in [6.07, 6.45) is 0.738. The summed E-state index contributed by atoms with van der Waals surface area (Å²) in [7, 11) is 0. The number of halogens is 2. The maximum absolute atomic E-state index is 12.5. The Morgan fingerprint density at radius 1 is 1.55 bits per heavy atom. The Kier molecular flexibility index (Phi) is 4.75. The Labute approximate surface area is 117 Å².